The van der Waals surface area contributed by atoms with E-state index in [0.29, 0.717) is 12.2 Å². The van der Waals surface area contributed by atoms with Crippen molar-refractivity contribution in [2.24, 2.45) is 0 Å². The number of aromatic nitrogens is 3. The maximum absolute atomic E-state index is 10.5. The first-order chi connectivity index (χ1) is 8.13. The van der Waals surface area contributed by atoms with Crippen LogP contribution in [0.5, 0.6) is 0 Å². The number of hydrogen-bond donors (Lipinski definition) is 1. The molecule has 2 aromatic rings. The highest BCUT2D eigenvalue weighted by atomic mass is 127. The van der Waals surface area contributed by atoms with Gasteiger partial charge in [-0.1, -0.05) is 17.3 Å². The Bertz CT molecular complexity index is 522. The van der Waals surface area contributed by atoms with Gasteiger partial charge in [0.15, 0.2) is 0 Å². The highest BCUT2D eigenvalue weighted by molar-refractivity contribution is 14.1. The van der Waals surface area contributed by atoms with Crippen molar-refractivity contribution in [3.05, 3.63) is 45.3 Å². The molecule has 0 aliphatic carbocycles. The van der Waals surface area contributed by atoms with Crippen molar-refractivity contribution in [1.29, 1.82) is 0 Å². The molecule has 1 heterocycles. The fraction of sp³-hybridized carbons (Fsp3) is 0.182. The smallest absolute Gasteiger partial charge is 0.309 e. The van der Waals surface area contributed by atoms with Crippen LogP contribution in [0.4, 0.5) is 0 Å². The molecule has 0 atom stereocenters. The summed E-state index contributed by atoms with van der Waals surface area (Å²) in [5, 5.41) is 16.3. The Morgan fingerprint density at radius 1 is 1.35 bits per heavy atom. The summed E-state index contributed by atoms with van der Waals surface area (Å²) in [4.78, 5) is 10.5. The first kappa shape index (κ1) is 12.0. The zero-order valence-electron chi connectivity index (χ0n) is 8.88. The van der Waals surface area contributed by atoms with Crippen LogP contribution >= 0.6 is 22.6 Å². The van der Waals surface area contributed by atoms with Crippen LogP contribution in [0.3, 0.4) is 0 Å². The molecule has 0 spiro atoms. The highest BCUT2D eigenvalue weighted by Gasteiger charge is 2.05. The third-order valence-corrected chi connectivity index (χ3v) is 2.90. The van der Waals surface area contributed by atoms with Gasteiger partial charge in [-0.25, -0.2) is 4.68 Å². The van der Waals surface area contributed by atoms with Crippen molar-refractivity contribution in [1.82, 2.24) is 15.0 Å². The Morgan fingerprint density at radius 3 is 2.71 bits per heavy atom. The number of benzene rings is 1. The van der Waals surface area contributed by atoms with Crippen LogP contribution in [-0.4, -0.2) is 26.1 Å². The molecule has 2 rings (SSSR count). The van der Waals surface area contributed by atoms with Crippen LogP contribution in [0.2, 0.25) is 0 Å². The molecule has 88 valence electrons. The van der Waals surface area contributed by atoms with Crippen LogP contribution in [0.25, 0.3) is 0 Å². The summed E-state index contributed by atoms with van der Waals surface area (Å²) in [5.74, 6) is -0.897. The lowest BCUT2D eigenvalue weighted by Gasteiger charge is -2.00. The lowest BCUT2D eigenvalue weighted by Crippen LogP contribution is -2.01. The molecule has 0 aliphatic heterocycles. The summed E-state index contributed by atoms with van der Waals surface area (Å²) in [7, 11) is 0. The minimum absolute atomic E-state index is 0.0906. The molecule has 1 N–H and O–H groups in total. The standard InChI is InChI=1S/C11H10IN3O2/c12-9-3-1-8(2-4-9)6-15-7-10(13-14-15)5-11(16)17/h1-4,7H,5-6H2,(H,16,17). The van der Waals surface area contributed by atoms with Gasteiger partial charge in [0, 0.05) is 9.77 Å². The zero-order chi connectivity index (χ0) is 12.3. The topological polar surface area (TPSA) is 68.0 Å². The predicted molar refractivity (Wildman–Crippen MR) is 69.6 cm³/mol. The number of halogens is 1. The van der Waals surface area contributed by atoms with Crippen LogP contribution < -0.4 is 0 Å². The molecule has 0 amide bonds. The third kappa shape index (κ3) is 3.52. The van der Waals surface area contributed by atoms with Crippen molar-refractivity contribution in [3.8, 4) is 0 Å². The second kappa shape index (κ2) is 5.26. The first-order valence-corrected chi connectivity index (χ1v) is 6.06. The van der Waals surface area contributed by atoms with Crippen molar-refractivity contribution in [2.45, 2.75) is 13.0 Å². The Labute approximate surface area is 112 Å². The molecule has 0 saturated heterocycles. The SMILES string of the molecule is O=C(O)Cc1cn(Cc2ccc(I)cc2)nn1. The van der Waals surface area contributed by atoms with Crippen molar-refractivity contribution in [2.75, 3.05) is 0 Å². The molecule has 0 fully saturated rings. The third-order valence-electron chi connectivity index (χ3n) is 2.18. The fourth-order valence-electron chi connectivity index (χ4n) is 1.43. The van der Waals surface area contributed by atoms with Gasteiger partial charge in [-0.3, -0.25) is 4.79 Å². The highest BCUT2D eigenvalue weighted by Crippen LogP contribution is 2.08. The maximum atomic E-state index is 10.5. The van der Waals surface area contributed by atoms with Gasteiger partial charge < -0.3 is 5.11 Å². The number of carbonyl (C=O) groups is 1. The molecule has 6 heteroatoms. The van der Waals surface area contributed by atoms with Crippen molar-refractivity contribution < 1.29 is 9.90 Å². The predicted octanol–water partition coefficient (Wildman–Crippen LogP) is 1.56. The largest absolute Gasteiger partial charge is 0.481 e. The number of aliphatic carboxylic acids is 1. The summed E-state index contributed by atoms with van der Waals surface area (Å²) in [6, 6.07) is 8.07. The van der Waals surface area contributed by atoms with E-state index in [1.165, 1.54) is 3.57 Å². The zero-order valence-corrected chi connectivity index (χ0v) is 11.0. The van der Waals surface area contributed by atoms with E-state index in [0.717, 1.165) is 5.56 Å². The molecular formula is C11H10IN3O2. The number of rotatable bonds is 4. The molecule has 5 nitrogen and oxygen atoms in total. The van der Waals surface area contributed by atoms with Crippen LogP contribution in [-0.2, 0) is 17.8 Å². The Morgan fingerprint density at radius 2 is 2.06 bits per heavy atom. The van der Waals surface area contributed by atoms with E-state index in [4.69, 9.17) is 5.11 Å². The van der Waals surface area contributed by atoms with Gasteiger partial charge in [-0.2, -0.15) is 0 Å². The normalized spacial score (nSPS) is 10.4. The van der Waals surface area contributed by atoms with E-state index in [9.17, 15) is 4.79 Å². The van der Waals surface area contributed by atoms with Crippen molar-refractivity contribution >= 4 is 28.6 Å². The van der Waals surface area contributed by atoms with Crippen LogP contribution in [0.15, 0.2) is 30.5 Å². The number of carboxylic acid groups (broad SMARTS) is 1. The molecule has 1 aromatic heterocycles. The number of hydrogen-bond acceptors (Lipinski definition) is 3. The minimum Gasteiger partial charge on any atom is -0.481 e. The van der Waals surface area contributed by atoms with Gasteiger partial charge in [-0.15, -0.1) is 5.10 Å². The van der Waals surface area contributed by atoms with E-state index >= 15 is 0 Å². The van der Waals surface area contributed by atoms with Gasteiger partial charge >= 0.3 is 5.97 Å². The lowest BCUT2D eigenvalue weighted by molar-refractivity contribution is -0.136. The number of carboxylic acids is 1. The van der Waals surface area contributed by atoms with E-state index in [2.05, 4.69) is 32.9 Å². The Balaban J connectivity index is 2.06. The van der Waals surface area contributed by atoms with Crippen LogP contribution in [0, 0.1) is 3.57 Å². The molecular weight excluding hydrogens is 333 g/mol. The molecule has 0 saturated carbocycles. The molecule has 0 aliphatic rings. The fourth-order valence-corrected chi connectivity index (χ4v) is 1.79. The van der Waals surface area contributed by atoms with E-state index < -0.39 is 5.97 Å². The van der Waals surface area contributed by atoms with Gasteiger partial charge in [0.05, 0.1) is 18.7 Å². The molecule has 0 unspecified atom stereocenters. The minimum atomic E-state index is -0.897. The van der Waals surface area contributed by atoms with E-state index in [1.807, 2.05) is 24.3 Å². The monoisotopic (exact) mass is 343 g/mol. The second-order valence-corrected chi connectivity index (χ2v) is 4.85. The average Bonchev–Trinajstić information content (AvgIpc) is 2.68. The van der Waals surface area contributed by atoms with Gasteiger partial charge in [0.1, 0.15) is 0 Å². The quantitative estimate of drug-likeness (QED) is 0.856. The van der Waals surface area contributed by atoms with Crippen LogP contribution in [0.1, 0.15) is 11.3 Å². The summed E-state index contributed by atoms with van der Waals surface area (Å²) < 4.78 is 2.82. The molecule has 0 radical (unpaired) electrons. The number of nitrogens with zero attached hydrogens (tertiary/aromatic N) is 3. The van der Waals surface area contributed by atoms with Crippen molar-refractivity contribution in [3.63, 3.8) is 0 Å². The summed E-state index contributed by atoms with van der Waals surface area (Å²) >= 11 is 2.24. The lowest BCUT2D eigenvalue weighted by atomic mass is 10.2. The summed E-state index contributed by atoms with van der Waals surface area (Å²) in [6.07, 6.45) is 1.57. The van der Waals surface area contributed by atoms with E-state index in [-0.39, 0.29) is 6.42 Å². The Hall–Kier alpha value is -1.44. The second-order valence-electron chi connectivity index (χ2n) is 3.60. The molecule has 0 bridgehead atoms. The first-order valence-electron chi connectivity index (χ1n) is 4.99. The molecule has 1 aromatic carbocycles. The molecule has 17 heavy (non-hydrogen) atoms. The van der Waals surface area contributed by atoms with Gasteiger partial charge in [0.2, 0.25) is 0 Å². The van der Waals surface area contributed by atoms with E-state index in [1.54, 1.807) is 10.9 Å². The summed E-state index contributed by atoms with van der Waals surface area (Å²) in [5.41, 5.74) is 1.58. The Kier molecular flexibility index (Phi) is 3.72. The summed E-state index contributed by atoms with van der Waals surface area (Å²) in [6.45, 7) is 0.601. The maximum Gasteiger partial charge on any atom is 0.309 e. The van der Waals surface area contributed by atoms with Gasteiger partial charge in [-0.05, 0) is 40.3 Å². The van der Waals surface area contributed by atoms with Gasteiger partial charge in [0.25, 0.3) is 0 Å². The average molecular weight is 343 g/mol.